The normalized spacial score (nSPS) is 15.8. The van der Waals surface area contributed by atoms with Crippen LogP contribution in [0.1, 0.15) is 29.0 Å². The van der Waals surface area contributed by atoms with Gasteiger partial charge in [-0.15, -0.1) is 0 Å². The van der Waals surface area contributed by atoms with Crippen LogP contribution < -0.4 is 0 Å². The molecule has 20 heavy (non-hydrogen) atoms. The quantitative estimate of drug-likeness (QED) is 0.857. The third-order valence-electron chi connectivity index (χ3n) is 3.81. The van der Waals surface area contributed by atoms with Crippen LogP contribution in [-0.2, 0) is 4.79 Å². The Balaban J connectivity index is 2.33. The Bertz CT molecular complexity index is 723. The minimum Gasteiger partial charge on any atom is -0.481 e. The molecule has 2 aromatic carbocycles. The lowest BCUT2D eigenvalue weighted by Crippen LogP contribution is -2.05. The summed E-state index contributed by atoms with van der Waals surface area (Å²) in [5, 5.41) is 10.2. The molecule has 1 aliphatic carbocycles. The molecule has 0 saturated carbocycles. The Morgan fingerprint density at radius 2 is 1.85 bits per heavy atom. The molecule has 0 amide bonds. The number of benzene rings is 2. The highest BCUT2D eigenvalue weighted by atomic mass is 35.5. The highest BCUT2D eigenvalue weighted by Crippen LogP contribution is 2.51. The summed E-state index contributed by atoms with van der Waals surface area (Å²) in [6, 6.07) is 9.54. The first-order chi connectivity index (χ1) is 9.50. The Hall–Kier alpha value is -1.51. The van der Waals surface area contributed by atoms with Crippen molar-refractivity contribution in [1.29, 1.82) is 0 Å². The van der Waals surface area contributed by atoms with E-state index in [0.717, 1.165) is 27.8 Å². The van der Waals surface area contributed by atoms with Gasteiger partial charge in [0.1, 0.15) is 0 Å². The van der Waals surface area contributed by atoms with Gasteiger partial charge in [-0.25, -0.2) is 0 Å². The highest BCUT2D eigenvalue weighted by Gasteiger charge is 2.33. The Kier molecular flexibility index (Phi) is 3.23. The minimum atomic E-state index is -0.818. The molecule has 0 aromatic heterocycles. The Morgan fingerprint density at radius 3 is 2.55 bits per heavy atom. The number of fused-ring (bicyclic) bond motifs is 3. The first kappa shape index (κ1) is 13.5. The molecule has 0 heterocycles. The van der Waals surface area contributed by atoms with Crippen LogP contribution in [0.3, 0.4) is 0 Å². The predicted octanol–water partition coefficient (Wildman–Crippen LogP) is 4.89. The fourth-order valence-electron chi connectivity index (χ4n) is 2.99. The number of carboxylic acids is 1. The van der Waals surface area contributed by atoms with Gasteiger partial charge in [0.25, 0.3) is 0 Å². The van der Waals surface area contributed by atoms with Gasteiger partial charge in [-0.3, -0.25) is 4.79 Å². The van der Waals surface area contributed by atoms with Crippen molar-refractivity contribution in [2.45, 2.75) is 19.3 Å². The molecule has 0 radical (unpaired) electrons. The van der Waals surface area contributed by atoms with Crippen LogP contribution >= 0.6 is 23.2 Å². The van der Waals surface area contributed by atoms with E-state index >= 15 is 0 Å². The second-order valence-electron chi connectivity index (χ2n) is 5.02. The van der Waals surface area contributed by atoms with Crippen LogP contribution in [0.5, 0.6) is 0 Å². The fraction of sp³-hybridized carbons (Fsp3) is 0.188. The summed E-state index contributed by atoms with van der Waals surface area (Å²) in [4.78, 5) is 11.2. The monoisotopic (exact) mass is 306 g/mol. The minimum absolute atomic E-state index is 0.0570. The summed E-state index contributed by atoms with van der Waals surface area (Å²) in [5.74, 6) is -0.978. The molecular weight excluding hydrogens is 295 g/mol. The molecular formula is C16H12Cl2O2. The van der Waals surface area contributed by atoms with Gasteiger partial charge < -0.3 is 5.11 Å². The van der Waals surface area contributed by atoms with Gasteiger partial charge in [0, 0.05) is 11.5 Å². The van der Waals surface area contributed by atoms with Gasteiger partial charge in [-0.1, -0.05) is 47.5 Å². The predicted molar refractivity (Wildman–Crippen MR) is 80.7 cm³/mol. The van der Waals surface area contributed by atoms with Gasteiger partial charge in [0.2, 0.25) is 0 Å². The smallest absolute Gasteiger partial charge is 0.304 e. The molecule has 0 fully saturated rings. The number of halogens is 2. The van der Waals surface area contributed by atoms with E-state index in [1.165, 1.54) is 0 Å². The van der Waals surface area contributed by atoms with Crippen LogP contribution in [0.2, 0.25) is 10.0 Å². The van der Waals surface area contributed by atoms with Crippen molar-refractivity contribution in [2.75, 3.05) is 0 Å². The lowest BCUT2D eigenvalue weighted by molar-refractivity contribution is -0.137. The maximum Gasteiger partial charge on any atom is 0.304 e. The lowest BCUT2D eigenvalue weighted by Gasteiger charge is -2.11. The van der Waals surface area contributed by atoms with Gasteiger partial charge in [-0.05, 0) is 35.2 Å². The molecule has 0 bridgehead atoms. The number of aryl methyl sites for hydroxylation is 1. The summed E-state index contributed by atoms with van der Waals surface area (Å²) >= 11 is 12.5. The van der Waals surface area contributed by atoms with Crippen molar-refractivity contribution in [1.82, 2.24) is 0 Å². The number of carbonyl (C=O) groups is 1. The molecule has 1 atom stereocenters. The summed E-state index contributed by atoms with van der Waals surface area (Å²) in [7, 11) is 0. The Morgan fingerprint density at radius 1 is 1.15 bits per heavy atom. The molecule has 0 spiro atoms. The van der Waals surface area contributed by atoms with E-state index in [9.17, 15) is 4.79 Å². The number of hydrogen-bond donors (Lipinski definition) is 1. The van der Waals surface area contributed by atoms with Crippen LogP contribution in [0.15, 0.2) is 30.3 Å². The lowest BCUT2D eigenvalue weighted by atomic mass is 9.93. The maximum atomic E-state index is 11.2. The number of hydrogen-bond acceptors (Lipinski definition) is 1. The maximum absolute atomic E-state index is 11.2. The Labute approximate surface area is 127 Å². The second-order valence-corrected chi connectivity index (χ2v) is 5.80. The van der Waals surface area contributed by atoms with Crippen LogP contribution in [0.4, 0.5) is 0 Å². The third kappa shape index (κ3) is 1.91. The van der Waals surface area contributed by atoms with E-state index in [4.69, 9.17) is 28.3 Å². The van der Waals surface area contributed by atoms with Crippen LogP contribution in [-0.4, -0.2) is 11.1 Å². The number of carboxylic acid groups (broad SMARTS) is 1. The number of rotatable bonds is 2. The van der Waals surface area contributed by atoms with E-state index in [-0.39, 0.29) is 12.3 Å². The molecule has 0 aliphatic heterocycles. The zero-order chi connectivity index (χ0) is 14.4. The summed E-state index contributed by atoms with van der Waals surface area (Å²) in [5.41, 5.74) is 4.97. The van der Waals surface area contributed by atoms with E-state index in [1.54, 1.807) is 6.07 Å². The van der Waals surface area contributed by atoms with Crippen molar-refractivity contribution in [3.05, 3.63) is 57.1 Å². The van der Waals surface area contributed by atoms with E-state index < -0.39 is 5.97 Å². The van der Waals surface area contributed by atoms with E-state index in [2.05, 4.69) is 0 Å². The van der Waals surface area contributed by atoms with E-state index in [1.807, 2.05) is 31.2 Å². The van der Waals surface area contributed by atoms with Gasteiger partial charge in [-0.2, -0.15) is 0 Å². The molecule has 3 rings (SSSR count). The van der Waals surface area contributed by atoms with Crippen LogP contribution in [0, 0.1) is 6.92 Å². The zero-order valence-corrected chi connectivity index (χ0v) is 12.3. The molecule has 0 saturated heterocycles. The first-order valence-corrected chi connectivity index (χ1v) is 7.06. The van der Waals surface area contributed by atoms with Crippen molar-refractivity contribution < 1.29 is 9.90 Å². The molecule has 1 unspecified atom stereocenters. The molecule has 2 nitrogen and oxygen atoms in total. The largest absolute Gasteiger partial charge is 0.481 e. The molecule has 1 aliphatic rings. The van der Waals surface area contributed by atoms with Crippen molar-refractivity contribution in [3.8, 4) is 11.1 Å². The average molecular weight is 307 g/mol. The van der Waals surface area contributed by atoms with Crippen molar-refractivity contribution in [3.63, 3.8) is 0 Å². The average Bonchev–Trinajstić information content (AvgIpc) is 2.70. The van der Waals surface area contributed by atoms with Gasteiger partial charge in [0.05, 0.1) is 16.5 Å². The van der Waals surface area contributed by atoms with Crippen LogP contribution in [0.25, 0.3) is 11.1 Å². The molecule has 2 aromatic rings. The van der Waals surface area contributed by atoms with E-state index in [0.29, 0.717) is 10.0 Å². The molecule has 4 heteroatoms. The molecule has 102 valence electrons. The number of aliphatic carboxylic acids is 1. The fourth-order valence-corrected chi connectivity index (χ4v) is 3.42. The summed E-state index contributed by atoms with van der Waals surface area (Å²) in [6.07, 6.45) is 0.0570. The first-order valence-electron chi connectivity index (χ1n) is 6.30. The summed E-state index contributed by atoms with van der Waals surface area (Å²) < 4.78 is 0. The van der Waals surface area contributed by atoms with Crippen molar-refractivity contribution in [2.24, 2.45) is 0 Å². The third-order valence-corrected chi connectivity index (χ3v) is 4.62. The zero-order valence-electron chi connectivity index (χ0n) is 10.8. The SMILES string of the molecule is Cc1cccc2c1-c1c(ccc(Cl)c1Cl)C2CC(=O)O. The second kappa shape index (κ2) is 4.80. The standard InChI is InChI=1S/C16H12Cl2O2/c1-8-3-2-4-9-11(7-13(19)20)10-5-6-12(17)16(18)15(10)14(8)9/h2-6,11H,7H2,1H3,(H,19,20). The van der Waals surface area contributed by atoms with Gasteiger partial charge in [0.15, 0.2) is 0 Å². The topological polar surface area (TPSA) is 37.3 Å². The molecule has 1 N–H and O–H groups in total. The summed E-state index contributed by atoms with van der Waals surface area (Å²) in [6.45, 7) is 2.00. The van der Waals surface area contributed by atoms with Crippen molar-refractivity contribution >= 4 is 29.2 Å². The van der Waals surface area contributed by atoms with Gasteiger partial charge >= 0.3 is 5.97 Å². The highest BCUT2D eigenvalue weighted by molar-refractivity contribution is 6.44.